The minimum atomic E-state index is -0.223. The summed E-state index contributed by atoms with van der Waals surface area (Å²) in [6.07, 6.45) is 5.90. The molecule has 1 aromatic carbocycles. The number of nitrogens with one attached hydrogen (secondary N) is 2. The van der Waals surface area contributed by atoms with Crippen LogP contribution in [0.25, 0.3) is 0 Å². The standard InChI is InChI=1S/C21H24N2O4/c1-13-10-14(2)19(21(25)23-12-17-7-5-9-27-17)15(3)18(13)20(24)22-11-16-6-4-8-26-16/h4-6,8-10,17H,7,11-12H2,1-3H3,(H,22,24)(H,23,25). The van der Waals surface area contributed by atoms with Gasteiger partial charge in [0.25, 0.3) is 11.8 Å². The van der Waals surface area contributed by atoms with Crippen molar-refractivity contribution in [2.75, 3.05) is 6.54 Å². The van der Waals surface area contributed by atoms with Crippen LogP contribution in [0.4, 0.5) is 0 Å². The normalized spacial score (nSPS) is 15.4. The molecule has 0 fully saturated rings. The first-order chi connectivity index (χ1) is 13.0. The van der Waals surface area contributed by atoms with Gasteiger partial charge in [-0.1, -0.05) is 6.07 Å². The van der Waals surface area contributed by atoms with Gasteiger partial charge in [0.2, 0.25) is 0 Å². The van der Waals surface area contributed by atoms with Crippen LogP contribution >= 0.6 is 0 Å². The summed E-state index contributed by atoms with van der Waals surface area (Å²) < 4.78 is 10.6. The maximum Gasteiger partial charge on any atom is 0.252 e. The molecule has 6 nitrogen and oxygen atoms in total. The highest BCUT2D eigenvalue weighted by Crippen LogP contribution is 2.23. The minimum absolute atomic E-state index is 0.0314. The van der Waals surface area contributed by atoms with Gasteiger partial charge in [0.15, 0.2) is 0 Å². The van der Waals surface area contributed by atoms with Crippen LogP contribution < -0.4 is 10.6 Å². The van der Waals surface area contributed by atoms with Gasteiger partial charge in [-0.3, -0.25) is 9.59 Å². The lowest BCUT2D eigenvalue weighted by atomic mass is 9.92. The van der Waals surface area contributed by atoms with Crippen LogP contribution in [-0.2, 0) is 11.3 Å². The second-order valence-electron chi connectivity index (χ2n) is 6.72. The summed E-state index contributed by atoms with van der Waals surface area (Å²) in [7, 11) is 0. The third kappa shape index (κ3) is 4.22. The Bertz CT molecular complexity index is 861. The summed E-state index contributed by atoms with van der Waals surface area (Å²) in [4.78, 5) is 25.5. The fraction of sp³-hybridized carbons (Fsp3) is 0.333. The van der Waals surface area contributed by atoms with Gasteiger partial charge in [-0.15, -0.1) is 0 Å². The number of hydrogen-bond donors (Lipinski definition) is 2. The van der Waals surface area contributed by atoms with E-state index in [9.17, 15) is 9.59 Å². The average molecular weight is 368 g/mol. The Morgan fingerprint density at radius 2 is 1.81 bits per heavy atom. The summed E-state index contributed by atoms with van der Waals surface area (Å²) in [6.45, 7) is 6.30. The number of hydrogen-bond acceptors (Lipinski definition) is 4. The van der Waals surface area contributed by atoms with Crippen molar-refractivity contribution in [1.29, 1.82) is 0 Å². The molecule has 2 heterocycles. The zero-order valence-electron chi connectivity index (χ0n) is 15.8. The first-order valence-corrected chi connectivity index (χ1v) is 8.97. The molecule has 0 saturated carbocycles. The number of carbonyl (C=O) groups excluding carboxylic acids is 2. The smallest absolute Gasteiger partial charge is 0.252 e. The van der Waals surface area contributed by atoms with E-state index in [1.54, 1.807) is 24.7 Å². The van der Waals surface area contributed by atoms with Crippen molar-refractivity contribution in [2.45, 2.75) is 39.8 Å². The molecule has 0 bridgehead atoms. The second kappa shape index (κ2) is 8.12. The van der Waals surface area contributed by atoms with Gasteiger partial charge in [-0.05, 0) is 55.7 Å². The fourth-order valence-corrected chi connectivity index (χ4v) is 3.41. The highest BCUT2D eigenvalue weighted by molar-refractivity contribution is 6.03. The van der Waals surface area contributed by atoms with E-state index in [-0.39, 0.29) is 17.9 Å². The van der Waals surface area contributed by atoms with Gasteiger partial charge in [-0.25, -0.2) is 0 Å². The molecule has 1 aliphatic rings. The maximum atomic E-state index is 12.7. The van der Waals surface area contributed by atoms with E-state index >= 15 is 0 Å². The maximum absolute atomic E-state index is 12.7. The number of furan rings is 1. The zero-order chi connectivity index (χ0) is 19.4. The van der Waals surface area contributed by atoms with E-state index in [1.807, 2.05) is 32.9 Å². The number of amides is 2. The predicted molar refractivity (Wildman–Crippen MR) is 101 cm³/mol. The van der Waals surface area contributed by atoms with Crippen LogP contribution in [0, 0.1) is 20.8 Å². The molecule has 6 heteroatoms. The van der Waals surface area contributed by atoms with Crippen LogP contribution in [0.2, 0.25) is 0 Å². The van der Waals surface area contributed by atoms with Gasteiger partial charge < -0.3 is 19.8 Å². The van der Waals surface area contributed by atoms with E-state index < -0.39 is 0 Å². The molecule has 2 amide bonds. The Kier molecular flexibility index (Phi) is 5.64. The lowest BCUT2D eigenvalue weighted by Gasteiger charge is -2.18. The van der Waals surface area contributed by atoms with E-state index in [1.165, 1.54) is 0 Å². The van der Waals surface area contributed by atoms with Crippen LogP contribution in [0.3, 0.4) is 0 Å². The molecule has 1 aromatic heterocycles. The van der Waals surface area contributed by atoms with E-state index in [4.69, 9.17) is 9.15 Å². The molecule has 27 heavy (non-hydrogen) atoms. The molecular weight excluding hydrogens is 344 g/mol. The molecule has 2 N–H and O–H groups in total. The second-order valence-corrected chi connectivity index (χ2v) is 6.72. The van der Waals surface area contributed by atoms with E-state index in [0.29, 0.717) is 35.5 Å². The molecule has 0 radical (unpaired) electrons. The molecule has 1 atom stereocenters. The third-order valence-electron chi connectivity index (χ3n) is 4.69. The molecule has 0 saturated heterocycles. The molecule has 142 valence electrons. The van der Waals surface area contributed by atoms with Gasteiger partial charge in [0.05, 0.1) is 25.6 Å². The SMILES string of the molecule is Cc1cc(C)c(C(=O)NCC2CC=CO2)c(C)c1C(=O)NCc1ccco1. The van der Waals surface area contributed by atoms with Crippen molar-refractivity contribution in [2.24, 2.45) is 0 Å². The van der Waals surface area contributed by atoms with Crippen molar-refractivity contribution in [3.8, 4) is 0 Å². The Labute approximate surface area is 158 Å². The van der Waals surface area contributed by atoms with Crippen molar-refractivity contribution < 1.29 is 18.7 Å². The molecular formula is C21H24N2O4. The van der Waals surface area contributed by atoms with Gasteiger partial charge in [0.1, 0.15) is 11.9 Å². The Morgan fingerprint density at radius 3 is 2.41 bits per heavy atom. The number of benzene rings is 1. The van der Waals surface area contributed by atoms with Crippen molar-refractivity contribution in [1.82, 2.24) is 10.6 Å². The lowest BCUT2D eigenvalue weighted by Crippen LogP contribution is -2.33. The molecule has 0 spiro atoms. The first-order valence-electron chi connectivity index (χ1n) is 8.97. The van der Waals surface area contributed by atoms with Crippen LogP contribution in [-0.4, -0.2) is 24.5 Å². The summed E-state index contributed by atoms with van der Waals surface area (Å²) in [6, 6.07) is 5.45. The van der Waals surface area contributed by atoms with Crippen LogP contribution in [0.15, 0.2) is 41.2 Å². The number of carbonyl (C=O) groups is 2. The van der Waals surface area contributed by atoms with E-state index in [2.05, 4.69) is 10.6 Å². The van der Waals surface area contributed by atoms with Crippen molar-refractivity contribution in [3.05, 3.63) is 70.4 Å². The van der Waals surface area contributed by atoms with Gasteiger partial charge in [0, 0.05) is 17.5 Å². The molecule has 0 aliphatic carbocycles. The minimum Gasteiger partial charge on any atom is -0.496 e. The highest BCUT2D eigenvalue weighted by atomic mass is 16.5. The fourth-order valence-electron chi connectivity index (χ4n) is 3.41. The van der Waals surface area contributed by atoms with Crippen LogP contribution in [0.5, 0.6) is 0 Å². The number of aryl methyl sites for hydroxylation is 2. The van der Waals surface area contributed by atoms with E-state index in [0.717, 1.165) is 17.5 Å². The first kappa shape index (κ1) is 18.8. The summed E-state index contributed by atoms with van der Waals surface area (Å²) >= 11 is 0. The number of ether oxygens (including phenoxy) is 1. The summed E-state index contributed by atoms with van der Waals surface area (Å²) in [5, 5.41) is 5.76. The number of rotatable bonds is 6. The highest BCUT2D eigenvalue weighted by Gasteiger charge is 2.22. The monoisotopic (exact) mass is 368 g/mol. The largest absolute Gasteiger partial charge is 0.496 e. The predicted octanol–water partition coefficient (Wildman–Crippen LogP) is 3.17. The Balaban J connectivity index is 1.76. The van der Waals surface area contributed by atoms with Crippen molar-refractivity contribution >= 4 is 11.8 Å². The Morgan fingerprint density at radius 1 is 1.11 bits per heavy atom. The summed E-state index contributed by atoms with van der Waals surface area (Å²) in [5.41, 5.74) is 3.41. The zero-order valence-corrected chi connectivity index (χ0v) is 15.8. The van der Waals surface area contributed by atoms with Gasteiger partial charge in [-0.2, -0.15) is 0 Å². The van der Waals surface area contributed by atoms with Crippen LogP contribution in [0.1, 0.15) is 49.6 Å². The summed E-state index contributed by atoms with van der Waals surface area (Å²) in [5.74, 6) is 0.258. The topological polar surface area (TPSA) is 80.6 Å². The van der Waals surface area contributed by atoms with Gasteiger partial charge >= 0.3 is 0 Å². The molecule has 2 aromatic rings. The molecule has 1 aliphatic heterocycles. The lowest BCUT2D eigenvalue weighted by molar-refractivity contribution is 0.0916. The Hall–Kier alpha value is -3.02. The average Bonchev–Trinajstić information content (AvgIpc) is 3.31. The quantitative estimate of drug-likeness (QED) is 0.821. The van der Waals surface area contributed by atoms with Crippen molar-refractivity contribution in [3.63, 3.8) is 0 Å². The molecule has 3 rings (SSSR count). The molecule has 1 unspecified atom stereocenters. The third-order valence-corrected chi connectivity index (χ3v) is 4.69.